The van der Waals surface area contributed by atoms with Gasteiger partial charge in [0.25, 0.3) is 5.91 Å². The van der Waals surface area contributed by atoms with Crippen molar-refractivity contribution in [1.82, 2.24) is 15.2 Å². The smallest absolute Gasteiger partial charge is 0.252 e. The summed E-state index contributed by atoms with van der Waals surface area (Å²) in [6, 6.07) is 11.4. The first-order valence-electron chi connectivity index (χ1n) is 8.82. The van der Waals surface area contributed by atoms with E-state index in [1.807, 2.05) is 29.2 Å². The van der Waals surface area contributed by atoms with E-state index in [0.717, 1.165) is 36.0 Å². The molecule has 0 aliphatic carbocycles. The van der Waals surface area contributed by atoms with Crippen LogP contribution in [0.2, 0.25) is 0 Å². The number of benzene rings is 1. The highest BCUT2D eigenvalue weighted by Crippen LogP contribution is 2.18. The Hall–Kier alpha value is -2.21. The molecule has 0 saturated carbocycles. The van der Waals surface area contributed by atoms with Gasteiger partial charge < -0.3 is 10.2 Å². The minimum Gasteiger partial charge on any atom is -0.352 e. The Kier molecular flexibility index (Phi) is 6.39. The van der Waals surface area contributed by atoms with Crippen LogP contribution in [0, 0.1) is 5.92 Å². The third kappa shape index (κ3) is 5.14. The van der Waals surface area contributed by atoms with Gasteiger partial charge in [-0.15, -0.1) is 0 Å². The SMILES string of the molecule is O=C(NCC1CCN(C(=O)Cc2cccc(Br)c2)CC1)c1cccnc1. The molecule has 3 rings (SSSR count). The van der Waals surface area contributed by atoms with Crippen LogP contribution in [0.1, 0.15) is 28.8 Å². The van der Waals surface area contributed by atoms with Crippen molar-refractivity contribution in [3.05, 3.63) is 64.4 Å². The van der Waals surface area contributed by atoms with Gasteiger partial charge in [-0.2, -0.15) is 0 Å². The van der Waals surface area contributed by atoms with E-state index in [0.29, 0.717) is 24.4 Å². The van der Waals surface area contributed by atoms with Crippen molar-refractivity contribution < 1.29 is 9.59 Å². The van der Waals surface area contributed by atoms with E-state index in [2.05, 4.69) is 26.2 Å². The molecule has 0 radical (unpaired) electrons. The maximum atomic E-state index is 12.5. The molecule has 1 aliphatic heterocycles. The summed E-state index contributed by atoms with van der Waals surface area (Å²) in [5.41, 5.74) is 1.60. The van der Waals surface area contributed by atoms with Crippen molar-refractivity contribution in [2.45, 2.75) is 19.3 Å². The zero-order valence-electron chi connectivity index (χ0n) is 14.5. The number of piperidine rings is 1. The molecule has 1 aliphatic rings. The number of nitrogens with one attached hydrogen (secondary N) is 1. The van der Waals surface area contributed by atoms with Crippen LogP contribution in [0.3, 0.4) is 0 Å². The van der Waals surface area contributed by atoms with Crippen molar-refractivity contribution in [3.63, 3.8) is 0 Å². The Bertz CT molecular complexity index is 759. The fourth-order valence-electron chi connectivity index (χ4n) is 3.16. The summed E-state index contributed by atoms with van der Waals surface area (Å²) >= 11 is 3.44. The van der Waals surface area contributed by atoms with Crippen LogP contribution in [0.4, 0.5) is 0 Å². The Morgan fingerprint density at radius 3 is 2.69 bits per heavy atom. The van der Waals surface area contributed by atoms with Gasteiger partial charge in [-0.05, 0) is 48.6 Å². The summed E-state index contributed by atoms with van der Waals surface area (Å²) < 4.78 is 0.992. The number of aromatic nitrogens is 1. The lowest BCUT2D eigenvalue weighted by Crippen LogP contribution is -2.42. The summed E-state index contributed by atoms with van der Waals surface area (Å²) in [6.07, 6.45) is 5.48. The zero-order valence-corrected chi connectivity index (χ0v) is 16.1. The van der Waals surface area contributed by atoms with Gasteiger partial charge in [-0.25, -0.2) is 0 Å². The molecule has 1 fully saturated rings. The number of hydrogen-bond acceptors (Lipinski definition) is 3. The molecule has 136 valence electrons. The third-order valence-corrected chi connectivity index (χ3v) is 5.18. The highest BCUT2D eigenvalue weighted by Gasteiger charge is 2.23. The van der Waals surface area contributed by atoms with Gasteiger partial charge in [-0.3, -0.25) is 14.6 Å². The minimum absolute atomic E-state index is 0.0914. The molecule has 1 N–H and O–H groups in total. The lowest BCUT2D eigenvalue weighted by molar-refractivity contribution is -0.131. The lowest BCUT2D eigenvalue weighted by Gasteiger charge is -2.32. The molecule has 1 saturated heterocycles. The van der Waals surface area contributed by atoms with Crippen LogP contribution >= 0.6 is 15.9 Å². The van der Waals surface area contributed by atoms with E-state index >= 15 is 0 Å². The first-order valence-corrected chi connectivity index (χ1v) is 9.61. The fraction of sp³-hybridized carbons (Fsp3) is 0.350. The van der Waals surface area contributed by atoms with Crippen LogP contribution in [-0.2, 0) is 11.2 Å². The minimum atomic E-state index is -0.0914. The second-order valence-electron chi connectivity index (χ2n) is 6.58. The van der Waals surface area contributed by atoms with Crippen LogP contribution in [0.25, 0.3) is 0 Å². The van der Waals surface area contributed by atoms with Crippen LogP contribution in [0.5, 0.6) is 0 Å². The van der Waals surface area contributed by atoms with E-state index in [9.17, 15) is 9.59 Å². The van der Waals surface area contributed by atoms with Gasteiger partial charge >= 0.3 is 0 Å². The monoisotopic (exact) mass is 415 g/mol. The number of hydrogen-bond donors (Lipinski definition) is 1. The van der Waals surface area contributed by atoms with Gasteiger partial charge in [-0.1, -0.05) is 28.1 Å². The fourth-order valence-corrected chi connectivity index (χ4v) is 3.60. The molecule has 26 heavy (non-hydrogen) atoms. The average molecular weight is 416 g/mol. The molecule has 6 heteroatoms. The predicted molar refractivity (Wildman–Crippen MR) is 104 cm³/mol. The molecule has 5 nitrogen and oxygen atoms in total. The van der Waals surface area contributed by atoms with Crippen molar-refractivity contribution >= 4 is 27.7 Å². The first-order chi connectivity index (χ1) is 12.6. The number of pyridine rings is 1. The molecule has 1 aromatic carbocycles. The molecule has 0 spiro atoms. The largest absolute Gasteiger partial charge is 0.352 e. The Morgan fingerprint density at radius 2 is 2.00 bits per heavy atom. The molecule has 0 atom stereocenters. The number of likely N-dealkylation sites (tertiary alicyclic amines) is 1. The van der Waals surface area contributed by atoms with E-state index in [4.69, 9.17) is 0 Å². The molecule has 2 heterocycles. The molecule has 0 unspecified atom stereocenters. The molecule has 2 aromatic rings. The van der Waals surface area contributed by atoms with E-state index in [1.54, 1.807) is 24.5 Å². The molecule has 1 aromatic heterocycles. The molecule has 2 amide bonds. The number of rotatable bonds is 5. The van der Waals surface area contributed by atoms with E-state index in [1.165, 1.54) is 0 Å². The molecule has 0 bridgehead atoms. The van der Waals surface area contributed by atoms with Crippen molar-refractivity contribution in [2.75, 3.05) is 19.6 Å². The normalized spacial score (nSPS) is 14.9. The standard InChI is InChI=1S/C20H22BrN3O2/c21-18-5-1-3-16(11-18)12-19(25)24-9-6-15(7-10-24)13-23-20(26)17-4-2-8-22-14-17/h1-5,8,11,14-15H,6-7,9-10,12-13H2,(H,23,26). The first kappa shape index (κ1) is 18.6. The van der Waals surface area contributed by atoms with E-state index in [-0.39, 0.29) is 11.8 Å². The Morgan fingerprint density at radius 1 is 1.19 bits per heavy atom. The number of halogens is 1. The lowest BCUT2D eigenvalue weighted by atomic mass is 9.96. The molecular weight excluding hydrogens is 394 g/mol. The van der Waals surface area contributed by atoms with Crippen molar-refractivity contribution in [3.8, 4) is 0 Å². The van der Waals surface area contributed by atoms with Gasteiger partial charge in [0.2, 0.25) is 5.91 Å². The second-order valence-corrected chi connectivity index (χ2v) is 7.50. The zero-order chi connectivity index (χ0) is 18.4. The second kappa shape index (κ2) is 8.94. The van der Waals surface area contributed by atoms with E-state index < -0.39 is 0 Å². The average Bonchev–Trinajstić information content (AvgIpc) is 2.67. The summed E-state index contributed by atoms with van der Waals surface area (Å²) in [4.78, 5) is 30.4. The number of nitrogens with zero attached hydrogens (tertiary/aromatic N) is 2. The number of amides is 2. The predicted octanol–water partition coefficient (Wildman–Crippen LogP) is 3.06. The molecular formula is C20H22BrN3O2. The quantitative estimate of drug-likeness (QED) is 0.815. The maximum absolute atomic E-state index is 12.5. The number of carbonyl (C=O) groups is 2. The number of carbonyl (C=O) groups excluding carboxylic acids is 2. The summed E-state index contributed by atoms with van der Waals surface area (Å²) in [7, 11) is 0. The third-order valence-electron chi connectivity index (χ3n) is 4.69. The summed E-state index contributed by atoms with van der Waals surface area (Å²) in [6.45, 7) is 2.14. The summed E-state index contributed by atoms with van der Waals surface area (Å²) in [5, 5.41) is 2.97. The van der Waals surface area contributed by atoms with Crippen LogP contribution in [-0.4, -0.2) is 41.3 Å². The Labute approximate surface area is 161 Å². The van der Waals surface area contributed by atoms with Gasteiger partial charge in [0.15, 0.2) is 0 Å². The van der Waals surface area contributed by atoms with Crippen LogP contribution in [0.15, 0.2) is 53.3 Å². The van der Waals surface area contributed by atoms with Crippen molar-refractivity contribution in [2.24, 2.45) is 5.92 Å². The topological polar surface area (TPSA) is 62.3 Å². The van der Waals surface area contributed by atoms with Gasteiger partial charge in [0.1, 0.15) is 0 Å². The Balaban J connectivity index is 1.42. The maximum Gasteiger partial charge on any atom is 0.252 e. The van der Waals surface area contributed by atoms with Gasteiger partial charge in [0.05, 0.1) is 12.0 Å². The van der Waals surface area contributed by atoms with Gasteiger partial charge in [0, 0.05) is 36.5 Å². The highest BCUT2D eigenvalue weighted by atomic mass is 79.9. The summed E-state index contributed by atoms with van der Waals surface area (Å²) in [5.74, 6) is 0.484. The van der Waals surface area contributed by atoms with Crippen molar-refractivity contribution in [1.29, 1.82) is 0 Å². The highest BCUT2D eigenvalue weighted by molar-refractivity contribution is 9.10. The van der Waals surface area contributed by atoms with Crippen LogP contribution < -0.4 is 5.32 Å².